The quantitative estimate of drug-likeness (QED) is 0.906. The van der Waals surface area contributed by atoms with Gasteiger partial charge >= 0.3 is 0 Å². The first-order chi connectivity index (χ1) is 10.5. The van der Waals surface area contributed by atoms with Gasteiger partial charge in [0.2, 0.25) is 5.91 Å². The number of nitrogens with one attached hydrogen (secondary N) is 1. The van der Waals surface area contributed by atoms with Crippen LogP contribution in [0.2, 0.25) is 0 Å². The van der Waals surface area contributed by atoms with Crippen molar-refractivity contribution >= 4 is 5.91 Å². The van der Waals surface area contributed by atoms with Gasteiger partial charge in [0.1, 0.15) is 5.82 Å². The molecule has 3 atom stereocenters. The van der Waals surface area contributed by atoms with E-state index in [0.29, 0.717) is 30.5 Å². The van der Waals surface area contributed by atoms with Crippen molar-refractivity contribution in [3.63, 3.8) is 0 Å². The highest BCUT2D eigenvalue weighted by atomic mass is 19.1. The summed E-state index contributed by atoms with van der Waals surface area (Å²) in [5.41, 5.74) is 0.623. The lowest BCUT2D eigenvalue weighted by Gasteiger charge is -2.35. The molecule has 0 saturated heterocycles. The number of carbonyl (C=O) groups excluding carboxylic acids is 1. The third-order valence-electron chi connectivity index (χ3n) is 4.86. The minimum atomic E-state index is -0.218. The number of halogens is 1. The molecule has 3 unspecified atom stereocenters. The van der Waals surface area contributed by atoms with Gasteiger partial charge in [-0.15, -0.1) is 0 Å². The maximum absolute atomic E-state index is 13.6. The van der Waals surface area contributed by atoms with Crippen LogP contribution in [0.4, 0.5) is 4.39 Å². The lowest BCUT2D eigenvalue weighted by Crippen LogP contribution is -2.46. The Balaban J connectivity index is 1.82. The van der Waals surface area contributed by atoms with Gasteiger partial charge < -0.3 is 5.32 Å². The highest BCUT2D eigenvalue weighted by Crippen LogP contribution is 2.29. The second-order valence-corrected chi connectivity index (χ2v) is 6.71. The van der Waals surface area contributed by atoms with Crippen LogP contribution in [0.15, 0.2) is 24.3 Å². The molecule has 1 amide bonds. The largest absolute Gasteiger partial charge is 0.352 e. The van der Waals surface area contributed by atoms with E-state index >= 15 is 0 Å². The van der Waals surface area contributed by atoms with Crippen LogP contribution in [0, 0.1) is 17.7 Å². The molecule has 1 saturated carbocycles. The molecule has 0 aromatic heterocycles. The molecule has 1 N–H and O–H groups in total. The first-order valence-electron chi connectivity index (χ1n) is 8.18. The first kappa shape index (κ1) is 16.9. The topological polar surface area (TPSA) is 32.3 Å². The molecule has 0 radical (unpaired) electrons. The van der Waals surface area contributed by atoms with Crippen molar-refractivity contribution in [2.75, 3.05) is 13.6 Å². The monoisotopic (exact) mass is 306 g/mol. The Labute approximate surface area is 132 Å². The van der Waals surface area contributed by atoms with Crippen molar-refractivity contribution in [3.8, 4) is 0 Å². The number of hydrogen-bond acceptors (Lipinski definition) is 2. The normalized spacial score (nSPS) is 25.2. The van der Waals surface area contributed by atoms with E-state index in [1.807, 2.05) is 18.0 Å². The highest BCUT2D eigenvalue weighted by Gasteiger charge is 2.28. The zero-order valence-corrected chi connectivity index (χ0v) is 13.8. The SMILES string of the molecule is CC1CCCC(NC(=O)CN(C)Cc2ccccc2F)C1C. The highest BCUT2D eigenvalue weighted by molar-refractivity contribution is 5.78. The Bertz CT molecular complexity index is 506. The average Bonchev–Trinajstić information content (AvgIpc) is 2.46. The van der Waals surface area contributed by atoms with Gasteiger partial charge in [-0.05, 0) is 31.4 Å². The smallest absolute Gasteiger partial charge is 0.234 e. The van der Waals surface area contributed by atoms with E-state index in [1.54, 1.807) is 12.1 Å². The zero-order chi connectivity index (χ0) is 16.1. The van der Waals surface area contributed by atoms with Crippen LogP contribution in [0.25, 0.3) is 0 Å². The van der Waals surface area contributed by atoms with Crippen LogP contribution < -0.4 is 5.32 Å². The van der Waals surface area contributed by atoms with Crippen LogP contribution in [0.1, 0.15) is 38.7 Å². The Morgan fingerprint density at radius 3 is 2.77 bits per heavy atom. The molecular formula is C18H27FN2O. The van der Waals surface area contributed by atoms with Gasteiger partial charge in [0.15, 0.2) is 0 Å². The molecular weight excluding hydrogens is 279 g/mol. The molecule has 22 heavy (non-hydrogen) atoms. The number of benzene rings is 1. The van der Waals surface area contributed by atoms with E-state index in [1.165, 1.54) is 18.9 Å². The Morgan fingerprint density at radius 1 is 1.32 bits per heavy atom. The summed E-state index contributed by atoms with van der Waals surface area (Å²) in [5.74, 6) is 0.999. The fourth-order valence-electron chi connectivity index (χ4n) is 3.26. The molecule has 0 bridgehead atoms. The van der Waals surface area contributed by atoms with Gasteiger partial charge in [-0.3, -0.25) is 9.69 Å². The fourth-order valence-corrected chi connectivity index (χ4v) is 3.26. The minimum absolute atomic E-state index is 0.0322. The molecule has 0 spiro atoms. The van der Waals surface area contributed by atoms with E-state index in [0.717, 1.165) is 6.42 Å². The van der Waals surface area contributed by atoms with Crippen LogP contribution in [0.5, 0.6) is 0 Å². The van der Waals surface area contributed by atoms with Crippen molar-refractivity contribution in [2.24, 2.45) is 11.8 Å². The van der Waals surface area contributed by atoms with Crippen molar-refractivity contribution < 1.29 is 9.18 Å². The van der Waals surface area contributed by atoms with E-state index in [4.69, 9.17) is 0 Å². The van der Waals surface area contributed by atoms with E-state index in [-0.39, 0.29) is 17.8 Å². The molecule has 122 valence electrons. The van der Waals surface area contributed by atoms with Crippen molar-refractivity contribution in [1.82, 2.24) is 10.2 Å². The summed E-state index contributed by atoms with van der Waals surface area (Å²) in [6, 6.07) is 6.98. The number of nitrogens with zero attached hydrogens (tertiary/aromatic N) is 1. The lowest BCUT2D eigenvalue weighted by molar-refractivity contribution is -0.123. The van der Waals surface area contributed by atoms with Gasteiger partial charge in [0.25, 0.3) is 0 Å². The van der Waals surface area contributed by atoms with Crippen LogP contribution >= 0.6 is 0 Å². The molecule has 1 aromatic carbocycles. The molecule has 1 fully saturated rings. The first-order valence-corrected chi connectivity index (χ1v) is 8.18. The molecule has 4 heteroatoms. The van der Waals surface area contributed by atoms with Gasteiger partial charge in [0, 0.05) is 18.2 Å². The third kappa shape index (κ3) is 4.54. The second kappa shape index (κ2) is 7.73. The second-order valence-electron chi connectivity index (χ2n) is 6.71. The summed E-state index contributed by atoms with van der Waals surface area (Å²) in [6.45, 7) is 5.22. The maximum Gasteiger partial charge on any atom is 0.234 e. The standard InChI is InChI=1S/C18H27FN2O/c1-13-7-6-10-17(14(13)2)20-18(22)12-21(3)11-15-8-4-5-9-16(15)19/h4-5,8-9,13-14,17H,6-7,10-12H2,1-3H3,(H,20,22). The van der Waals surface area contributed by atoms with Crippen LogP contribution in [-0.2, 0) is 11.3 Å². The number of amides is 1. The van der Waals surface area contributed by atoms with E-state index < -0.39 is 0 Å². The number of rotatable bonds is 5. The predicted octanol–water partition coefficient (Wildman–Crippen LogP) is 3.20. The number of carbonyl (C=O) groups is 1. The predicted molar refractivity (Wildman–Crippen MR) is 86.8 cm³/mol. The van der Waals surface area contributed by atoms with E-state index in [2.05, 4.69) is 19.2 Å². The molecule has 0 heterocycles. The van der Waals surface area contributed by atoms with Crippen molar-refractivity contribution in [3.05, 3.63) is 35.6 Å². The molecule has 0 aliphatic heterocycles. The van der Waals surface area contributed by atoms with Gasteiger partial charge in [-0.2, -0.15) is 0 Å². The summed E-state index contributed by atoms with van der Waals surface area (Å²) >= 11 is 0. The molecule has 1 aliphatic rings. The number of hydrogen-bond donors (Lipinski definition) is 1. The Kier molecular flexibility index (Phi) is 5.95. The summed E-state index contributed by atoms with van der Waals surface area (Å²) in [6.07, 6.45) is 3.50. The average molecular weight is 306 g/mol. The van der Waals surface area contributed by atoms with Gasteiger partial charge in [-0.25, -0.2) is 4.39 Å². The molecule has 1 aliphatic carbocycles. The number of likely N-dealkylation sites (N-methyl/N-ethyl adjacent to an activating group) is 1. The summed E-state index contributed by atoms with van der Waals surface area (Å²) in [5, 5.41) is 3.16. The molecule has 1 aromatic rings. The third-order valence-corrected chi connectivity index (χ3v) is 4.86. The lowest BCUT2D eigenvalue weighted by atomic mass is 9.78. The minimum Gasteiger partial charge on any atom is -0.352 e. The Hall–Kier alpha value is -1.42. The molecule has 2 rings (SSSR count). The van der Waals surface area contributed by atoms with Crippen molar-refractivity contribution in [2.45, 2.75) is 45.7 Å². The van der Waals surface area contributed by atoms with Gasteiger partial charge in [0.05, 0.1) is 6.54 Å². The molecule has 3 nitrogen and oxygen atoms in total. The Morgan fingerprint density at radius 2 is 2.05 bits per heavy atom. The van der Waals surface area contributed by atoms with Crippen LogP contribution in [0.3, 0.4) is 0 Å². The van der Waals surface area contributed by atoms with E-state index in [9.17, 15) is 9.18 Å². The summed E-state index contributed by atoms with van der Waals surface area (Å²) in [7, 11) is 1.85. The van der Waals surface area contributed by atoms with Crippen LogP contribution in [-0.4, -0.2) is 30.4 Å². The van der Waals surface area contributed by atoms with Crippen molar-refractivity contribution in [1.29, 1.82) is 0 Å². The van der Waals surface area contributed by atoms with Gasteiger partial charge in [-0.1, -0.05) is 44.9 Å². The fraction of sp³-hybridized carbons (Fsp3) is 0.611. The maximum atomic E-state index is 13.6. The summed E-state index contributed by atoms with van der Waals surface area (Å²) in [4.78, 5) is 14.1. The summed E-state index contributed by atoms with van der Waals surface area (Å²) < 4.78 is 13.6. The zero-order valence-electron chi connectivity index (χ0n) is 13.8.